The molecule has 0 heterocycles. The number of carbonyl (C=O) groups excluding carboxylic acids is 1. The number of carbonyl (C=O) groups is 1. The molecule has 0 aliphatic rings. The van der Waals surface area contributed by atoms with E-state index in [1.54, 1.807) is 31.2 Å². The van der Waals surface area contributed by atoms with Crippen LogP contribution < -0.4 is 10.0 Å². The summed E-state index contributed by atoms with van der Waals surface area (Å²) in [6.45, 7) is 3.48. The lowest BCUT2D eigenvalue weighted by Gasteiger charge is -2.14. The maximum Gasteiger partial charge on any atom is 0.251 e. The van der Waals surface area contributed by atoms with Crippen molar-refractivity contribution in [2.24, 2.45) is 0 Å². The Morgan fingerprint density at radius 1 is 1.04 bits per heavy atom. The second-order valence-electron chi connectivity index (χ2n) is 5.19. The van der Waals surface area contributed by atoms with E-state index in [1.807, 2.05) is 37.3 Å². The predicted molar refractivity (Wildman–Crippen MR) is 91.8 cm³/mol. The van der Waals surface area contributed by atoms with Crippen LogP contribution in [0.4, 0.5) is 5.69 Å². The van der Waals surface area contributed by atoms with Gasteiger partial charge in [0, 0.05) is 11.3 Å². The molecule has 0 fully saturated rings. The first-order valence-corrected chi connectivity index (χ1v) is 9.03. The fourth-order valence-corrected chi connectivity index (χ4v) is 2.69. The van der Waals surface area contributed by atoms with Crippen molar-refractivity contribution >= 4 is 21.6 Å². The third-order valence-corrected chi connectivity index (χ3v) is 4.75. The zero-order chi connectivity index (χ0) is 16.9. The summed E-state index contributed by atoms with van der Waals surface area (Å²) in [5, 5.41) is 2.91. The van der Waals surface area contributed by atoms with Gasteiger partial charge in [0.05, 0.1) is 11.8 Å². The van der Waals surface area contributed by atoms with Crippen molar-refractivity contribution in [3.05, 3.63) is 65.7 Å². The van der Waals surface area contributed by atoms with Crippen LogP contribution in [0, 0.1) is 0 Å². The first kappa shape index (κ1) is 17.0. The van der Waals surface area contributed by atoms with Crippen molar-refractivity contribution in [1.29, 1.82) is 0 Å². The fourth-order valence-electron chi connectivity index (χ4n) is 2.05. The molecule has 23 heavy (non-hydrogen) atoms. The van der Waals surface area contributed by atoms with Gasteiger partial charge in [-0.05, 0) is 43.7 Å². The molecule has 0 radical (unpaired) electrons. The number of anilines is 1. The lowest BCUT2D eigenvalue weighted by atomic mass is 10.1. The molecule has 6 heteroatoms. The second kappa shape index (κ2) is 7.28. The van der Waals surface area contributed by atoms with Crippen molar-refractivity contribution < 1.29 is 13.2 Å². The highest BCUT2D eigenvalue weighted by Crippen LogP contribution is 2.14. The largest absolute Gasteiger partial charge is 0.346 e. The SMILES string of the molecule is CCS(=O)(=O)Nc1ccc(C(=O)NC(C)c2ccccc2)cc1. The minimum absolute atomic E-state index is 0.00380. The maximum atomic E-state index is 12.2. The van der Waals surface area contributed by atoms with Crippen molar-refractivity contribution in [2.75, 3.05) is 10.5 Å². The minimum atomic E-state index is -3.31. The summed E-state index contributed by atoms with van der Waals surface area (Å²) in [6.07, 6.45) is 0. The van der Waals surface area contributed by atoms with E-state index in [1.165, 1.54) is 0 Å². The van der Waals surface area contributed by atoms with Gasteiger partial charge in [-0.1, -0.05) is 30.3 Å². The molecule has 0 saturated carbocycles. The van der Waals surface area contributed by atoms with Crippen molar-refractivity contribution in [3.63, 3.8) is 0 Å². The average molecular weight is 332 g/mol. The van der Waals surface area contributed by atoms with Crippen molar-refractivity contribution in [1.82, 2.24) is 5.32 Å². The minimum Gasteiger partial charge on any atom is -0.346 e. The van der Waals surface area contributed by atoms with E-state index in [4.69, 9.17) is 0 Å². The van der Waals surface area contributed by atoms with Gasteiger partial charge in [-0.25, -0.2) is 8.42 Å². The van der Waals surface area contributed by atoms with Gasteiger partial charge < -0.3 is 5.32 Å². The molecule has 5 nitrogen and oxygen atoms in total. The van der Waals surface area contributed by atoms with Crippen LogP contribution in [0.2, 0.25) is 0 Å². The second-order valence-corrected chi connectivity index (χ2v) is 7.20. The molecule has 0 aromatic heterocycles. The number of amides is 1. The van der Waals surface area contributed by atoms with Gasteiger partial charge in [0.15, 0.2) is 0 Å². The van der Waals surface area contributed by atoms with E-state index in [9.17, 15) is 13.2 Å². The van der Waals surface area contributed by atoms with Gasteiger partial charge in [0.2, 0.25) is 10.0 Å². The Morgan fingerprint density at radius 3 is 2.22 bits per heavy atom. The molecule has 2 aromatic carbocycles. The lowest BCUT2D eigenvalue weighted by Crippen LogP contribution is -2.26. The zero-order valence-corrected chi connectivity index (χ0v) is 13.9. The van der Waals surface area contributed by atoms with E-state index in [2.05, 4.69) is 10.0 Å². The highest BCUT2D eigenvalue weighted by Gasteiger charge is 2.12. The molecule has 0 bridgehead atoms. The number of benzene rings is 2. The topological polar surface area (TPSA) is 75.3 Å². The standard InChI is InChI=1S/C17H20N2O3S/c1-3-23(21,22)19-16-11-9-15(10-12-16)17(20)18-13(2)14-7-5-4-6-8-14/h4-13,19H,3H2,1-2H3,(H,18,20). The van der Waals surface area contributed by atoms with Crippen LogP contribution in [0.3, 0.4) is 0 Å². The van der Waals surface area contributed by atoms with E-state index in [0.717, 1.165) is 5.56 Å². The Labute approximate surface area is 136 Å². The van der Waals surface area contributed by atoms with Gasteiger partial charge in [-0.3, -0.25) is 9.52 Å². The van der Waals surface area contributed by atoms with Crippen LogP contribution in [0.15, 0.2) is 54.6 Å². The van der Waals surface area contributed by atoms with E-state index >= 15 is 0 Å². The fraction of sp³-hybridized carbons (Fsp3) is 0.235. The van der Waals surface area contributed by atoms with Crippen LogP contribution in [0.25, 0.3) is 0 Å². The van der Waals surface area contributed by atoms with E-state index in [-0.39, 0.29) is 17.7 Å². The van der Waals surface area contributed by atoms with Crippen LogP contribution in [-0.4, -0.2) is 20.1 Å². The Hall–Kier alpha value is -2.34. The summed E-state index contributed by atoms with van der Waals surface area (Å²) in [6, 6.07) is 15.9. The van der Waals surface area contributed by atoms with Gasteiger partial charge in [0.1, 0.15) is 0 Å². The van der Waals surface area contributed by atoms with E-state index < -0.39 is 10.0 Å². The van der Waals surface area contributed by atoms with Crippen molar-refractivity contribution in [2.45, 2.75) is 19.9 Å². The summed E-state index contributed by atoms with van der Waals surface area (Å²) < 4.78 is 25.4. The van der Waals surface area contributed by atoms with Crippen molar-refractivity contribution in [3.8, 4) is 0 Å². The van der Waals surface area contributed by atoms with Gasteiger partial charge in [-0.15, -0.1) is 0 Å². The molecule has 1 amide bonds. The van der Waals surface area contributed by atoms with Gasteiger partial charge in [0.25, 0.3) is 5.91 Å². The number of hydrogen-bond donors (Lipinski definition) is 2. The molecule has 0 spiro atoms. The molecule has 0 aliphatic heterocycles. The molecular weight excluding hydrogens is 312 g/mol. The Morgan fingerprint density at radius 2 is 1.65 bits per heavy atom. The summed E-state index contributed by atoms with van der Waals surface area (Å²) in [4.78, 5) is 12.2. The van der Waals surface area contributed by atoms with Crippen LogP contribution in [0.5, 0.6) is 0 Å². The Kier molecular flexibility index (Phi) is 5.39. The van der Waals surface area contributed by atoms with E-state index in [0.29, 0.717) is 11.3 Å². The highest BCUT2D eigenvalue weighted by atomic mass is 32.2. The smallest absolute Gasteiger partial charge is 0.251 e. The Bertz CT molecular complexity index is 756. The highest BCUT2D eigenvalue weighted by molar-refractivity contribution is 7.92. The maximum absolute atomic E-state index is 12.2. The third kappa shape index (κ3) is 4.82. The van der Waals surface area contributed by atoms with Crippen LogP contribution >= 0.6 is 0 Å². The van der Waals surface area contributed by atoms with Crippen LogP contribution in [-0.2, 0) is 10.0 Å². The lowest BCUT2D eigenvalue weighted by molar-refractivity contribution is 0.0940. The number of rotatable bonds is 6. The molecule has 122 valence electrons. The Balaban J connectivity index is 2.03. The third-order valence-electron chi connectivity index (χ3n) is 3.45. The molecule has 0 saturated heterocycles. The monoisotopic (exact) mass is 332 g/mol. The molecule has 2 aromatic rings. The summed E-state index contributed by atoms with van der Waals surface area (Å²) in [5.74, 6) is -0.199. The molecule has 1 atom stereocenters. The number of nitrogens with one attached hydrogen (secondary N) is 2. The molecule has 0 aliphatic carbocycles. The van der Waals surface area contributed by atoms with Gasteiger partial charge in [-0.2, -0.15) is 0 Å². The first-order valence-electron chi connectivity index (χ1n) is 7.37. The number of hydrogen-bond acceptors (Lipinski definition) is 3. The molecular formula is C17H20N2O3S. The molecule has 2 N–H and O–H groups in total. The quantitative estimate of drug-likeness (QED) is 0.854. The summed E-state index contributed by atoms with van der Waals surface area (Å²) in [7, 11) is -3.31. The zero-order valence-electron chi connectivity index (χ0n) is 13.1. The van der Waals surface area contributed by atoms with Crippen LogP contribution in [0.1, 0.15) is 35.8 Å². The average Bonchev–Trinajstić information content (AvgIpc) is 2.56. The normalized spacial score (nSPS) is 12.4. The number of sulfonamides is 1. The molecule has 2 rings (SSSR count). The summed E-state index contributed by atoms with van der Waals surface area (Å²) >= 11 is 0. The summed E-state index contributed by atoms with van der Waals surface area (Å²) in [5.41, 5.74) is 1.94. The van der Waals surface area contributed by atoms with Gasteiger partial charge >= 0.3 is 0 Å². The predicted octanol–water partition coefficient (Wildman–Crippen LogP) is 2.94. The first-order chi connectivity index (χ1) is 10.9. The molecule has 1 unspecified atom stereocenters.